The Morgan fingerprint density at radius 2 is 2.38 bits per heavy atom. The molecule has 2 saturated carbocycles. The highest BCUT2D eigenvalue weighted by Gasteiger charge is 2.38. The second-order valence-electron chi connectivity index (χ2n) is 5.51. The molecule has 0 aromatic carbocycles. The number of nitrogens with one attached hydrogen (secondary N) is 1. The molecule has 3 rings (SSSR count). The van der Waals surface area contributed by atoms with E-state index in [1.54, 1.807) is 0 Å². The van der Waals surface area contributed by atoms with Crippen molar-refractivity contribution in [2.24, 2.45) is 18.9 Å². The molecule has 0 aliphatic heterocycles. The fourth-order valence-electron chi connectivity index (χ4n) is 3.50. The van der Waals surface area contributed by atoms with E-state index >= 15 is 0 Å². The Morgan fingerprint density at radius 1 is 1.44 bits per heavy atom. The van der Waals surface area contributed by atoms with Gasteiger partial charge in [0.05, 0.1) is 6.20 Å². The normalized spacial score (nSPS) is 32.4. The van der Waals surface area contributed by atoms with Crippen molar-refractivity contribution in [2.45, 2.75) is 38.1 Å². The van der Waals surface area contributed by atoms with Crippen LogP contribution in [0.3, 0.4) is 0 Å². The molecule has 2 aliphatic rings. The molecule has 0 saturated heterocycles. The lowest BCUT2D eigenvalue weighted by molar-refractivity contribution is 0.354. The van der Waals surface area contributed by atoms with Crippen molar-refractivity contribution in [3.8, 4) is 0 Å². The standard InChI is InChI=1S/C13H21N3/c1-16-9-11(8-15-16)4-5-14-13-7-10-2-3-12(13)6-10/h8-10,12-14H,2-7H2,1H3. The molecule has 2 fully saturated rings. The smallest absolute Gasteiger partial charge is 0.0522 e. The number of fused-ring (bicyclic) bond motifs is 2. The molecule has 16 heavy (non-hydrogen) atoms. The largest absolute Gasteiger partial charge is 0.313 e. The van der Waals surface area contributed by atoms with Crippen molar-refractivity contribution >= 4 is 0 Å². The summed E-state index contributed by atoms with van der Waals surface area (Å²) in [7, 11) is 1.98. The maximum Gasteiger partial charge on any atom is 0.0522 e. The highest BCUT2D eigenvalue weighted by atomic mass is 15.2. The maximum atomic E-state index is 4.19. The Kier molecular flexibility index (Phi) is 2.72. The Morgan fingerprint density at radius 3 is 3.00 bits per heavy atom. The predicted octanol–water partition coefficient (Wildman–Crippen LogP) is 1.74. The SMILES string of the molecule is Cn1cc(CCNC2CC3CCC2C3)cn1. The minimum atomic E-state index is 0.815. The van der Waals surface area contributed by atoms with Crippen LogP contribution in [0.5, 0.6) is 0 Å². The lowest BCUT2D eigenvalue weighted by Gasteiger charge is -2.22. The van der Waals surface area contributed by atoms with Crippen molar-refractivity contribution < 1.29 is 0 Å². The molecule has 2 bridgehead atoms. The summed E-state index contributed by atoms with van der Waals surface area (Å²) in [6.07, 6.45) is 11.1. The first kappa shape index (κ1) is 10.3. The monoisotopic (exact) mass is 219 g/mol. The van der Waals surface area contributed by atoms with Gasteiger partial charge in [0.15, 0.2) is 0 Å². The third-order valence-corrected chi connectivity index (χ3v) is 4.32. The molecule has 0 amide bonds. The average Bonchev–Trinajstić information content (AvgIpc) is 2.94. The summed E-state index contributed by atoms with van der Waals surface area (Å²) in [6.45, 7) is 1.11. The van der Waals surface area contributed by atoms with Crippen molar-refractivity contribution in [1.29, 1.82) is 0 Å². The molecule has 1 aromatic heterocycles. The van der Waals surface area contributed by atoms with Gasteiger partial charge in [-0.05, 0) is 49.6 Å². The summed E-state index contributed by atoms with van der Waals surface area (Å²) >= 11 is 0. The number of aryl methyl sites for hydroxylation is 1. The van der Waals surface area contributed by atoms with Crippen molar-refractivity contribution in [3.05, 3.63) is 18.0 Å². The van der Waals surface area contributed by atoms with Gasteiger partial charge in [-0.15, -0.1) is 0 Å². The molecule has 2 aliphatic carbocycles. The molecule has 0 spiro atoms. The average molecular weight is 219 g/mol. The van der Waals surface area contributed by atoms with E-state index in [1.807, 2.05) is 17.9 Å². The molecule has 3 unspecified atom stereocenters. The summed E-state index contributed by atoms with van der Waals surface area (Å²) in [5.41, 5.74) is 1.35. The Bertz CT molecular complexity index is 358. The summed E-state index contributed by atoms with van der Waals surface area (Å²) < 4.78 is 1.88. The molecule has 0 radical (unpaired) electrons. The fourth-order valence-corrected chi connectivity index (χ4v) is 3.50. The van der Waals surface area contributed by atoms with Gasteiger partial charge in [-0.2, -0.15) is 5.10 Å². The van der Waals surface area contributed by atoms with Crippen LogP contribution in [-0.4, -0.2) is 22.4 Å². The molecular weight excluding hydrogens is 198 g/mol. The summed E-state index contributed by atoms with van der Waals surface area (Å²) in [6, 6.07) is 0.815. The van der Waals surface area contributed by atoms with Crippen LogP contribution in [0, 0.1) is 11.8 Å². The molecule has 1 heterocycles. The third-order valence-electron chi connectivity index (χ3n) is 4.32. The van der Waals surface area contributed by atoms with Gasteiger partial charge >= 0.3 is 0 Å². The van der Waals surface area contributed by atoms with E-state index < -0.39 is 0 Å². The van der Waals surface area contributed by atoms with Gasteiger partial charge in [0.25, 0.3) is 0 Å². The first-order valence-corrected chi connectivity index (χ1v) is 6.52. The first-order chi connectivity index (χ1) is 7.81. The van der Waals surface area contributed by atoms with Crippen LogP contribution >= 0.6 is 0 Å². The van der Waals surface area contributed by atoms with E-state index in [2.05, 4.69) is 16.6 Å². The number of rotatable bonds is 4. The van der Waals surface area contributed by atoms with Crippen LogP contribution in [0.15, 0.2) is 12.4 Å². The number of aromatic nitrogens is 2. The van der Waals surface area contributed by atoms with E-state index in [1.165, 1.54) is 31.2 Å². The van der Waals surface area contributed by atoms with Crippen LogP contribution in [0.2, 0.25) is 0 Å². The second kappa shape index (κ2) is 4.21. The zero-order chi connectivity index (χ0) is 11.0. The van der Waals surface area contributed by atoms with Crippen LogP contribution in [0.1, 0.15) is 31.2 Å². The quantitative estimate of drug-likeness (QED) is 0.836. The van der Waals surface area contributed by atoms with E-state index in [-0.39, 0.29) is 0 Å². The minimum Gasteiger partial charge on any atom is -0.313 e. The van der Waals surface area contributed by atoms with Crippen molar-refractivity contribution in [1.82, 2.24) is 15.1 Å². The molecule has 3 nitrogen and oxygen atoms in total. The Hall–Kier alpha value is -0.830. The van der Waals surface area contributed by atoms with Gasteiger partial charge in [-0.25, -0.2) is 0 Å². The number of hydrogen-bond donors (Lipinski definition) is 1. The highest BCUT2D eigenvalue weighted by molar-refractivity contribution is 5.04. The molecular formula is C13H21N3. The van der Waals surface area contributed by atoms with E-state index in [0.29, 0.717) is 0 Å². The van der Waals surface area contributed by atoms with Crippen LogP contribution in [-0.2, 0) is 13.5 Å². The Labute approximate surface area is 97.2 Å². The molecule has 88 valence electrons. The molecule has 1 aromatic rings. The van der Waals surface area contributed by atoms with E-state index in [4.69, 9.17) is 0 Å². The molecule has 1 N–H and O–H groups in total. The molecule has 3 heteroatoms. The maximum absolute atomic E-state index is 4.19. The van der Waals surface area contributed by atoms with E-state index in [0.717, 1.165) is 30.8 Å². The fraction of sp³-hybridized carbons (Fsp3) is 0.769. The van der Waals surface area contributed by atoms with Crippen molar-refractivity contribution in [3.63, 3.8) is 0 Å². The Balaban J connectivity index is 1.44. The summed E-state index contributed by atoms with van der Waals surface area (Å²) in [5, 5.41) is 7.93. The van der Waals surface area contributed by atoms with Gasteiger partial charge in [0.2, 0.25) is 0 Å². The third kappa shape index (κ3) is 2.01. The number of nitrogens with zero attached hydrogens (tertiary/aromatic N) is 2. The predicted molar refractivity (Wildman–Crippen MR) is 64.2 cm³/mol. The second-order valence-corrected chi connectivity index (χ2v) is 5.51. The topological polar surface area (TPSA) is 29.9 Å². The summed E-state index contributed by atoms with van der Waals surface area (Å²) in [4.78, 5) is 0. The lowest BCUT2D eigenvalue weighted by atomic mass is 9.95. The number of hydrogen-bond acceptors (Lipinski definition) is 2. The van der Waals surface area contributed by atoms with Crippen LogP contribution in [0.25, 0.3) is 0 Å². The van der Waals surface area contributed by atoms with E-state index in [9.17, 15) is 0 Å². The van der Waals surface area contributed by atoms with Crippen LogP contribution in [0.4, 0.5) is 0 Å². The first-order valence-electron chi connectivity index (χ1n) is 6.52. The zero-order valence-electron chi connectivity index (χ0n) is 10.0. The van der Waals surface area contributed by atoms with Gasteiger partial charge in [0.1, 0.15) is 0 Å². The van der Waals surface area contributed by atoms with Crippen LogP contribution < -0.4 is 5.32 Å². The van der Waals surface area contributed by atoms with Gasteiger partial charge in [-0.3, -0.25) is 4.68 Å². The minimum absolute atomic E-state index is 0.815. The highest BCUT2D eigenvalue weighted by Crippen LogP contribution is 2.44. The van der Waals surface area contributed by atoms with Crippen molar-refractivity contribution in [2.75, 3.05) is 6.54 Å². The van der Waals surface area contributed by atoms with Gasteiger partial charge in [-0.1, -0.05) is 6.42 Å². The molecule has 3 atom stereocenters. The van der Waals surface area contributed by atoms with Gasteiger partial charge in [0, 0.05) is 19.3 Å². The lowest BCUT2D eigenvalue weighted by Crippen LogP contribution is -2.35. The van der Waals surface area contributed by atoms with Gasteiger partial charge < -0.3 is 5.32 Å². The summed E-state index contributed by atoms with van der Waals surface area (Å²) in [5.74, 6) is 2.03. The zero-order valence-corrected chi connectivity index (χ0v) is 10.0.